The second-order valence-electron chi connectivity index (χ2n) is 2.72. The molecule has 0 heterocycles. The van der Waals surface area contributed by atoms with E-state index in [9.17, 15) is 13.0 Å². The Labute approximate surface area is 88.4 Å². The summed E-state index contributed by atoms with van der Waals surface area (Å²) in [7, 11) is -4.31. The van der Waals surface area contributed by atoms with Gasteiger partial charge in [-0.3, -0.25) is 0 Å². The molecule has 5 heteroatoms. The van der Waals surface area contributed by atoms with Crippen LogP contribution < -0.4 is 0 Å². The van der Waals surface area contributed by atoms with Gasteiger partial charge in [-0.05, 0) is 31.0 Å². The Hall–Kier alpha value is -0.351. The molecule has 0 aliphatic rings. The fourth-order valence-corrected chi connectivity index (χ4v) is 1.77. The largest absolute Gasteiger partial charge is 1.00 e. The quantitative estimate of drug-likeness (QED) is 0.554. The molecule has 1 rings (SSSR count). The van der Waals surface area contributed by atoms with E-state index in [2.05, 4.69) is 0 Å². The van der Waals surface area contributed by atoms with Gasteiger partial charge >= 0.3 is 17.1 Å². The second kappa shape index (κ2) is 4.24. The number of rotatable bonds is 1. The van der Waals surface area contributed by atoms with Gasteiger partial charge in [-0.15, -0.1) is 0 Å². The Morgan fingerprint density at radius 1 is 1.23 bits per heavy atom. The molecule has 1 aromatic rings. The molecule has 0 saturated heterocycles. The molecule has 0 aromatic heterocycles. The average molecular weight is 249 g/mol. The van der Waals surface area contributed by atoms with Crippen molar-refractivity contribution in [3.05, 3.63) is 29.3 Å². The van der Waals surface area contributed by atoms with Crippen LogP contribution in [0.3, 0.4) is 0 Å². The summed E-state index contributed by atoms with van der Waals surface area (Å²) < 4.78 is 32.0. The van der Waals surface area contributed by atoms with Crippen molar-refractivity contribution in [1.29, 1.82) is 0 Å². The maximum Gasteiger partial charge on any atom is 1.00 e. The summed E-state index contributed by atoms with van der Waals surface area (Å²) in [5.41, 5.74) is 1.27. The molecular formula is C8H9CuO3S. The number of aryl methyl sites for hydroxylation is 2. The minimum absolute atomic E-state index is 0. The topological polar surface area (TPSA) is 57.2 Å². The number of hydrogen-bond donors (Lipinski definition) is 0. The molecule has 0 spiro atoms. The molecule has 0 saturated carbocycles. The van der Waals surface area contributed by atoms with Crippen LogP contribution in [-0.4, -0.2) is 13.0 Å². The standard InChI is InChI=1S/C8H10O3S.Cu/c1-6-3-4-7(2)8(5-6)12(9,10)11;/h3-5H,1-2H3,(H,9,10,11);/q;+1/p-1. The zero-order valence-electron chi connectivity index (χ0n) is 7.17. The maximum atomic E-state index is 10.7. The van der Waals surface area contributed by atoms with E-state index in [1.807, 2.05) is 0 Å². The predicted octanol–water partition coefficient (Wildman–Crippen LogP) is 1.21. The van der Waals surface area contributed by atoms with Crippen LogP contribution >= 0.6 is 0 Å². The van der Waals surface area contributed by atoms with Gasteiger partial charge in [-0.2, -0.15) is 0 Å². The van der Waals surface area contributed by atoms with Crippen molar-refractivity contribution in [1.82, 2.24) is 0 Å². The molecule has 0 aliphatic heterocycles. The van der Waals surface area contributed by atoms with Crippen LogP contribution in [0.1, 0.15) is 11.1 Å². The van der Waals surface area contributed by atoms with Crippen LogP contribution in [0.5, 0.6) is 0 Å². The number of hydrogen-bond acceptors (Lipinski definition) is 3. The van der Waals surface area contributed by atoms with E-state index in [-0.39, 0.29) is 22.0 Å². The van der Waals surface area contributed by atoms with Crippen LogP contribution in [0, 0.1) is 13.8 Å². The first-order valence-corrected chi connectivity index (χ1v) is 4.85. The SMILES string of the molecule is Cc1ccc(C)c(S(=O)(=O)[O-])c1.[Cu+]. The molecule has 0 bridgehead atoms. The zero-order chi connectivity index (χ0) is 9.35. The zero-order valence-corrected chi connectivity index (χ0v) is 8.92. The maximum absolute atomic E-state index is 10.7. The van der Waals surface area contributed by atoms with E-state index in [1.54, 1.807) is 26.0 Å². The summed E-state index contributed by atoms with van der Waals surface area (Å²) in [6.45, 7) is 3.35. The van der Waals surface area contributed by atoms with Crippen molar-refractivity contribution >= 4 is 10.1 Å². The molecule has 0 amide bonds. The van der Waals surface area contributed by atoms with Gasteiger partial charge in [0.2, 0.25) is 0 Å². The van der Waals surface area contributed by atoms with Crippen LogP contribution in [-0.2, 0) is 27.2 Å². The molecule has 13 heavy (non-hydrogen) atoms. The normalized spacial score (nSPS) is 10.7. The molecular weight excluding hydrogens is 240 g/mol. The van der Waals surface area contributed by atoms with E-state index in [0.29, 0.717) is 5.56 Å². The first-order chi connectivity index (χ1) is 5.41. The summed E-state index contributed by atoms with van der Waals surface area (Å²) in [4.78, 5) is -0.123. The van der Waals surface area contributed by atoms with Gasteiger partial charge in [-0.25, -0.2) is 8.42 Å². The van der Waals surface area contributed by atoms with Crippen molar-refractivity contribution in [2.45, 2.75) is 18.7 Å². The van der Waals surface area contributed by atoms with Crippen LogP contribution in [0.15, 0.2) is 23.1 Å². The van der Waals surface area contributed by atoms with Gasteiger partial charge in [0.05, 0.1) is 4.90 Å². The van der Waals surface area contributed by atoms with Crippen molar-refractivity contribution in [2.24, 2.45) is 0 Å². The number of benzene rings is 1. The molecule has 1 aromatic carbocycles. The van der Waals surface area contributed by atoms with Gasteiger partial charge in [0.15, 0.2) is 0 Å². The van der Waals surface area contributed by atoms with Crippen LogP contribution in [0.4, 0.5) is 0 Å². The molecule has 3 nitrogen and oxygen atoms in total. The minimum atomic E-state index is -4.31. The van der Waals surface area contributed by atoms with Crippen molar-refractivity contribution < 1.29 is 30.0 Å². The van der Waals surface area contributed by atoms with Gasteiger partial charge in [0, 0.05) is 0 Å². The summed E-state index contributed by atoms with van der Waals surface area (Å²) >= 11 is 0. The second-order valence-corrected chi connectivity index (χ2v) is 4.07. The third-order valence-corrected chi connectivity index (χ3v) is 2.59. The van der Waals surface area contributed by atoms with E-state index in [0.717, 1.165) is 5.56 Å². The van der Waals surface area contributed by atoms with Crippen LogP contribution in [0.25, 0.3) is 0 Å². The molecule has 0 atom stereocenters. The van der Waals surface area contributed by atoms with Crippen molar-refractivity contribution in [2.75, 3.05) is 0 Å². The first-order valence-electron chi connectivity index (χ1n) is 3.44. The van der Waals surface area contributed by atoms with Crippen molar-refractivity contribution in [3.8, 4) is 0 Å². The third kappa shape index (κ3) is 3.12. The van der Waals surface area contributed by atoms with E-state index >= 15 is 0 Å². The summed E-state index contributed by atoms with van der Waals surface area (Å²) in [5, 5.41) is 0. The van der Waals surface area contributed by atoms with Gasteiger partial charge < -0.3 is 4.55 Å². The van der Waals surface area contributed by atoms with Crippen molar-refractivity contribution in [3.63, 3.8) is 0 Å². The molecule has 0 radical (unpaired) electrons. The Morgan fingerprint density at radius 3 is 2.15 bits per heavy atom. The Kier molecular flexibility index (Phi) is 4.13. The fraction of sp³-hybridized carbons (Fsp3) is 0.250. The average Bonchev–Trinajstić information content (AvgIpc) is 1.92. The van der Waals surface area contributed by atoms with E-state index in [4.69, 9.17) is 0 Å². The first kappa shape index (κ1) is 12.6. The Morgan fingerprint density at radius 2 is 1.77 bits per heavy atom. The van der Waals surface area contributed by atoms with Crippen LogP contribution in [0.2, 0.25) is 0 Å². The summed E-state index contributed by atoms with van der Waals surface area (Å²) in [5.74, 6) is 0. The van der Waals surface area contributed by atoms with E-state index < -0.39 is 10.1 Å². The molecule has 0 fully saturated rings. The Bertz CT molecular complexity index is 398. The monoisotopic (exact) mass is 248 g/mol. The minimum Gasteiger partial charge on any atom is -0.744 e. The third-order valence-electron chi connectivity index (χ3n) is 1.61. The van der Waals surface area contributed by atoms with Gasteiger partial charge in [0.25, 0.3) is 0 Å². The summed E-state index contributed by atoms with van der Waals surface area (Å²) in [6.07, 6.45) is 0. The predicted molar refractivity (Wildman–Crippen MR) is 43.9 cm³/mol. The van der Waals surface area contributed by atoms with E-state index in [1.165, 1.54) is 6.07 Å². The fourth-order valence-electron chi connectivity index (χ4n) is 0.977. The molecule has 76 valence electrons. The Balaban J connectivity index is 0.00000144. The van der Waals surface area contributed by atoms with Gasteiger partial charge in [0.1, 0.15) is 10.1 Å². The van der Waals surface area contributed by atoms with Gasteiger partial charge in [-0.1, -0.05) is 12.1 Å². The molecule has 0 aliphatic carbocycles. The smallest absolute Gasteiger partial charge is 0.744 e. The molecule has 0 N–H and O–H groups in total. The summed E-state index contributed by atoms with van der Waals surface area (Å²) in [6, 6.07) is 4.78. The molecule has 0 unspecified atom stereocenters.